The molecule has 1 unspecified atom stereocenters. The molecule has 3 rings (SSSR count). The van der Waals surface area contributed by atoms with Crippen LogP contribution in [0.25, 0.3) is 0 Å². The van der Waals surface area contributed by atoms with Crippen LogP contribution in [0.15, 0.2) is 42.6 Å². The van der Waals surface area contributed by atoms with Crippen LogP contribution < -0.4 is 0 Å². The van der Waals surface area contributed by atoms with E-state index in [1.54, 1.807) is 19.2 Å². The number of nitrogens with zero attached hydrogens (tertiary/aromatic N) is 2. The van der Waals surface area contributed by atoms with Crippen molar-refractivity contribution in [2.45, 2.75) is 39.2 Å². The zero-order valence-corrected chi connectivity index (χ0v) is 17.1. The van der Waals surface area contributed by atoms with Crippen LogP contribution in [0.3, 0.4) is 0 Å². The van der Waals surface area contributed by atoms with E-state index in [1.165, 1.54) is 0 Å². The summed E-state index contributed by atoms with van der Waals surface area (Å²) < 4.78 is 20.0. The van der Waals surface area contributed by atoms with Gasteiger partial charge < -0.3 is 9.64 Å². The minimum Gasteiger partial charge on any atom is -0.376 e. The van der Waals surface area contributed by atoms with Crippen molar-refractivity contribution in [3.05, 3.63) is 65.2 Å². The standard InChI is InChI=1S/C23H31FN2O/c1-23(2,3)22(27-5)16-10-11-18(25-13-16)12-17-14-26(4)15-20(17)19-8-6-7-9-21(19)24/h6-11,13,17,20,22H,12,14-15H2,1-5H3/t17-,20-,22?/m1/s1. The first-order valence-corrected chi connectivity index (χ1v) is 9.70. The Balaban J connectivity index is 1.77. The highest BCUT2D eigenvalue weighted by Gasteiger charge is 2.34. The maximum absolute atomic E-state index is 14.3. The maximum atomic E-state index is 14.3. The Morgan fingerprint density at radius 3 is 2.52 bits per heavy atom. The fourth-order valence-corrected chi connectivity index (χ4v) is 4.39. The lowest BCUT2D eigenvalue weighted by atomic mass is 9.84. The van der Waals surface area contributed by atoms with Crippen molar-refractivity contribution in [3.63, 3.8) is 0 Å². The minimum absolute atomic E-state index is 0.0159. The summed E-state index contributed by atoms with van der Waals surface area (Å²) in [5.41, 5.74) is 3.00. The molecule has 2 aromatic rings. The van der Waals surface area contributed by atoms with Gasteiger partial charge in [0.2, 0.25) is 0 Å². The first-order chi connectivity index (χ1) is 12.8. The molecule has 1 aromatic heterocycles. The molecule has 1 fully saturated rings. The number of benzene rings is 1. The van der Waals surface area contributed by atoms with Gasteiger partial charge in [-0.1, -0.05) is 45.0 Å². The van der Waals surface area contributed by atoms with Crippen LogP contribution >= 0.6 is 0 Å². The SMILES string of the molecule is COC(c1ccc(C[C@@H]2CN(C)C[C@H]2c2ccccc2F)nc1)C(C)(C)C. The number of methoxy groups -OCH3 is 1. The number of rotatable bonds is 5. The number of likely N-dealkylation sites (N-methyl/N-ethyl adjacent to an activating group) is 1. The third-order valence-corrected chi connectivity index (χ3v) is 5.57. The first-order valence-electron chi connectivity index (χ1n) is 9.70. The number of halogens is 1. The summed E-state index contributed by atoms with van der Waals surface area (Å²) in [4.78, 5) is 7.00. The average molecular weight is 371 g/mol. The number of hydrogen-bond donors (Lipinski definition) is 0. The second kappa shape index (κ2) is 8.07. The molecule has 1 aliphatic rings. The van der Waals surface area contributed by atoms with E-state index < -0.39 is 0 Å². The highest BCUT2D eigenvalue weighted by Crippen LogP contribution is 2.37. The average Bonchev–Trinajstić information content (AvgIpc) is 2.96. The van der Waals surface area contributed by atoms with Gasteiger partial charge in [0.15, 0.2) is 0 Å². The third kappa shape index (κ3) is 4.56. The van der Waals surface area contributed by atoms with Gasteiger partial charge in [0.05, 0.1) is 6.10 Å². The van der Waals surface area contributed by atoms with E-state index in [0.29, 0.717) is 5.92 Å². The molecule has 0 spiro atoms. The van der Waals surface area contributed by atoms with Gasteiger partial charge >= 0.3 is 0 Å². The van der Waals surface area contributed by atoms with E-state index in [0.717, 1.165) is 36.3 Å². The minimum atomic E-state index is -0.0979. The smallest absolute Gasteiger partial charge is 0.126 e. The van der Waals surface area contributed by atoms with E-state index >= 15 is 0 Å². The number of ether oxygens (including phenoxy) is 1. The highest BCUT2D eigenvalue weighted by atomic mass is 19.1. The lowest BCUT2D eigenvalue weighted by Gasteiger charge is -2.29. The molecular weight excluding hydrogens is 339 g/mol. The van der Waals surface area contributed by atoms with Crippen LogP contribution in [0.5, 0.6) is 0 Å². The summed E-state index contributed by atoms with van der Waals surface area (Å²) in [6.07, 6.45) is 2.81. The molecule has 27 heavy (non-hydrogen) atoms. The molecule has 0 amide bonds. The van der Waals surface area contributed by atoms with Crippen molar-refractivity contribution in [2.75, 3.05) is 27.2 Å². The molecule has 0 N–H and O–H groups in total. The van der Waals surface area contributed by atoms with Crippen molar-refractivity contribution < 1.29 is 9.13 Å². The van der Waals surface area contributed by atoms with E-state index in [-0.39, 0.29) is 23.3 Å². The monoisotopic (exact) mass is 370 g/mol. The third-order valence-electron chi connectivity index (χ3n) is 5.57. The summed E-state index contributed by atoms with van der Waals surface area (Å²) >= 11 is 0. The summed E-state index contributed by atoms with van der Waals surface area (Å²) in [5.74, 6) is 0.476. The van der Waals surface area contributed by atoms with Crippen molar-refractivity contribution in [2.24, 2.45) is 11.3 Å². The van der Waals surface area contributed by atoms with Crippen molar-refractivity contribution >= 4 is 0 Å². The first kappa shape index (κ1) is 20.0. The zero-order chi connectivity index (χ0) is 19.6. The highest BCUT2D eigenvalue weighted by molar-refractivity contribution is 5.26. The molecule has 0 radical (unpaired) electrons. The summed E-state index contributed by atoms with van der Waals surface area (Å²) in [6, 6.07) is 11.4. The van der Waals surface area contributed by atoms with Crippen molar-refractivity contribution in [1.29, 1.82) is 0 Å². The Morgan fingerprint density at radius 2 is 1.93 bits per heavy atom. The quantitative estimate of drug-likeness (QED) is 0.753. The van der Waals surface area contributed by atoms with Gasteiger partial charge in [-0.15, -0.1) is 0 Å². The van der Waals surface area contributed by atoms with Crippen LogP contribution in [-0.2, 0) is 11.2 Å². The molecule has 1 aliphatic heterocycles. The molecule has 3 nitrogen and oxygen atoms in total. The molecule has 4 heteroatoms. The lowest BCUT2D eigenvalue weighted by molar-refractivity contribution is 0.0149. The van der Waals surface area contributed by atoms with Crippen LogP contribution in [0, 0.1) is 17.2 Å². The number of hydrogen-bond acceptors (Lipinski definition) is 3. The van der Waals surface area contributed by atoms with E-state index in [1.807, 2.05) is 18.3 Å². The fraction of sp³-hybridized carbons (Fsp3) is 0.522. The number of aromatic nitrogens is 1. The molecule has 0 saturated carbocycles. The van der Waals surface area contributed by atoms with Gasteiger partial charge in [-0.05, 0) is 48.1 Å². The van der Waals surface area contributed by atoms with Gasteiger partial charge in [0.25, 0.3) is 0 Å². The van der Waals surface area contributed by atoms with Gasteiger partial charge in [0.1, 0.15) is 5.82 Å². The summed E-state index contributed by atoms with van der Waals surface area (Å²) in [7, 11) is 3.86. The van der Waals surface area contributed by atoms with Gasteiger partial charge in [-0.25, -0.2) is 4.39 Å². The van der Waals surface area contributed by atoms with Gasteiger partial charge in [-0.2, -0.15) is 0 Å². The second-order valence-electron chi connectivity index (χ2n) is 8.88. The van der Waals surface area contributed by atoms with Gasteiger partial charge in [-0.3, -0.25) is 4.98 Å². The summed E-state index contributed by atoms with van der Waals surface area (Å²) in [6.45, 7) is 8.36. The predicted octanol–water partition coefficient (Wildman–Crippen LogP) is 4.84. The Morgan fingerprint density at radius 1 is 1.19 bits per heavy atom. The van der Waals surface area contributed by atoms with E-state index in [4.69, 9.17) is 9.72 Å². The predicted molar refractivity (Wildman–Crippen MR) is 107 cm³/mol. The Bertz CT molecular complexity index is 754. The molecule has 0 bridgehead atoms. The Labute approximate surface area is 162 Å². The van der Waals surface area contributed by atoms with Crippen LogP contribution in [0.4, 0.5) is 4.39 Å². The molecule has 1 saturated heterocycles. The van der Waals surface area contributed by atoms with Gasteiger partial charge in [0, 0.05) is 38.0 Å². The molecule has 3 atom stereocenters. The molecule has 1 aromatic carbocycles. The Hall–Kier alpha value is -1.78. The maximum Gasteiger partial charge on any atom is 0.126 e. The topological polar surface area (TPSA) is 25.4 Å². The molecular formula is C23H31FN2O. The molecule has 146 valence electrons. The summed E-state index contributed by atoms with van der Waals surface area (Å²) in [5, 5.41) is 0. The molecule has 2 heterocycles. The van der Waals surface area contributed by atoms with E-state index in [2.05, 4.69) is 44.9 Å². The van der Waals surface area contributed by atoms with Crippen molar-refractivity contribution in [1.82, 2.24) is 9.88 Å². The lowest BCUT2D eigenvalue weighted by Crippen LogP contribution is -2.20. The molecule has 0 aliphatic carbocycles. The largest absolute Gasteiger partial charge is 0.376 e. The second-order valence-corrected chi connectivity index (χ2v) is 8.88. The number of likely N-dealkylation sites (tertiary alicyclic amines) is 1. The zero-order valence-electron chi connectivity index (χ0n) is 17.1. The van der Waals surface area contributed by atoms with Crippen LogP contribution in [0.1, 0.15) is 49.6 Å². The normalized spacial score (nSPS) is 22.1. The van der Waals surface area contributed by atoms with E-state index in [9.17, 15) is 4.39 Å². The fourth-order valence-electron chi connectivity index (χ4n) is 4.39. The van der Waals surface area contributed by atoms with Crippen LogP contribution in [-0.4, -0.2) is 37.1 Å². The Kier molecular flexibility index (Phi) is 5.97. The van der Waals surface area contributed by atoms with Crippen LogP contribution in [0.2, 0.25) is 0 Å². The number of pyridine rings is 1. The van der Waals surface area contributed by atoms with Crippen molar-refractivity contribution in [3.8, 4) is 0 Å².